The first-order valence-electron chi connectivity index (χ1n) is 13.0. The van der Waals surface area contributed by atoms with Crippen molar-refractivity contribution in [3.63, 3.8) is 0 Å². The van der Waals surface area contributed by atoms with Gasteiger partial charge in [-0.2, -0.15) is 0 Å². The summed E-state index contributed by atoms with van der Waals surface area (Å²) < 4.78 is 26.6. The van der Waals surface area contributed by atoms with Gasteiger partial charge < -0.3 is 20.8 Å². The quantitative estimate of drug-likeness (QED) is 0.350. The number of nitrogens with zero attached hydrogens (tertiary/aromatic N) is 1. The molecule has 208 valence electrons. The number of carbonyl (C=O) groups is 2. The Kier molecular flexibility index (Phi) is 11.4. The second kappa shape index (κ2) is 14.5. The number of rotatable bonds is 9. The first-order chi connectivity index (χ1) is 18.2. The fourth-order valence-electron chi connectivity index (χ4n) is 4.88. The summed E-state index contributed by atoms with van der Waals surface area (Å²) in [4.78, 5) is 23.5. The van der Waals surface area contributed by atoms with Gasteiger partial charge in [0, 0.05) is 12.4 Å². The number of aliphatic carboxylic acids is 2. The molecule has 2 aromatic rings. The Balaban J connectivity index is 0.000000436. The van der Waals surface area contributed by atoms with E-state index in [-0.39, 0.29) is 29.9 Å². The Labute approximate surface area is 228 Å². The topological polar surface area (TPSA) is 146 Å². The van der Waals surface area contributed by atoms with E-state index < -0.39 is 21.8 Å². The summed E-state index contributed by atoms with van der Waals surface area (Å²) in [6.07, 6.45) is 9.37. The zero-order valence-electron chi connectivity index (χ0n) is 21.4. The van der Waals surface area contributed by atoms with Gasteiger partial charge in [-0.1, -0.05) is 43.0 Å². The highest BCUT2D eigenvalue weighted by Gasteiger charge is 2.31. The number of aromatic nitrogens is 1. The summed E-state index contributed by atoms with van der Waals surface area (Å²) >= 11 is 6.62. The lowest BCUT2D eigenvalue weighted by Crippen LogP contribution is -2.31. The standard InChI is InChI=1S/C23H30ClN3O2S.C4H6O4/c24-21-9-8-17-10-13-25-14-11-20(17)23(21)27-22(18-5-4-12-26-15-18)16-30(28,29)19-6-2-1-3-7-19;5-3(6)1-2-4(7)8/h4-5,8-9,12,15,19,22,25,27H,1-3,6-7,10-11,13-14,16H2;1-2H2,(H,5,6)(H,7,8). The number of pyridine rings is 1. The molecule has 1 aliphatic heterocycles. The van der Waals surface area contributed by atoms with Gasteiger partial charge in [-0.05, 0) is 67.6 Å². The largest absolute Gasteiger partial charge is 0.481 e. The second-order valence-corrected chi connectivity index (χ2v) is 12.4. The second-order valence-electron chi connectivity index (χ2n) is 9.67. The number of benzene rings is 1. The predicted octanol–water partition coefficient (Wildman–Crippen LogP) is 4.26. The lowest BCUT2D eigenvalue weighted by molar-refractivity contribution is -0.143. The van der Waals surface area contributed by atoms with Gasteiger partial charge in [0.2, 0.25) is 0 Å². The minimum atomic E-state index is -3.24. The van der Waals surface area contributed by atoms with Crippen LogP contribution in [0.2, 0.25) is 5.02 Å². The molecule has 4 rings (SSSR count). The molecule has 1 fully saturated rings. The molecule has 2 heterocycles. The number of hydrogen-bond donors (Lipinski definition) is 4. The number of carboxylic acids is 2. The van der Waals surface area contributed by atoms with Gasteiger partial charge in [0.25, 0.3) is 0 Å². The summed E-state index contributed by atoms with van der Waals surface area (Å²) in [5, 5.41) is 23.2. The molecular formula is C27H36ClN3O6S. The molecule has 0 spiro atoms. The van der Waals surface area contributed by atoms with Gasteiger partial charge in [0.15, 0.2) is 9.84 Å². The van der Waals surface area contributed by atoms with Crippen molar-refractivity contribution in [2.45, 2.75) is 69.1 Å². The molecule has 2 aliphatic rings. The molecule has 38 heavy (non-hydrogen) atoms. The van der Waals surface area contributed by atoms with Crippen LogP contribution in [0.3, 0.4) is 0 Å². The van der Waals surface area contributed by atoms with E-state index in [1.807, 2.05) is 18.2 Å². The van der Waals surface area contributed by atoms with E-state index in [0.717, 1.165) is 69.3 Å². The zero-order chi connectivity index (χ0) is 27.5. The average molecular weight is 566 g/mol. The number of carboxylic acid groups (broad SMARTS) is 2. The highest BCUT2D eigenvalue weighted by Crippen LogP contribution is 2.35. The maximum Gasteiger partial charge on any atom is 0.303 e. The van der Waals surface area contributed by atoms with Crippen LogP contribution in [0.25, 0.3) is 0 Å². The van der Waals surface area contributed by atoms with E-state index >= 15 is 0 Å². The summed E-state index contributed by atoms with van der Waals surface area (Å²) in [6, 6.07) is 7.43. The van der Waals surface area contributed by atoms with Crippen LogP contribution >= 0.6 is 11.6 Å². The van der Waals surface area contributed by atoms with Gasteiger partial charge in [0.05, 0.1) is 40.6 Å². The molecule has 1 atom stereocenters. The normalized spacial score (nSPS) is 16.8. The fraction of sp³-hybridized carbons (Fsp3) is 0.519. The Hall–Kier alpha value is -2.69. The van der Waals surface area contributed by atoms with Gasteiger partial charge in [-0.15, -0.1) is 0 Å². The number of halogens is 1. The van der Waals surface area contributed by atoms with Crippen molar-refractivity contribution >= 4 is 39.1 Å². The van der Waals surface area contributed by atoms with Crippen LogP contribution in [-0.2, 0) is 32.3 Å². The minimum Gasteiger partial charge on any atom is -0.481 e. The Bertz CT molecular complexity index is 1170. The van der Waals surface area contributed by atoms with Gasteiger partial charge in [-0.3, -0.25) is 14.6 Å². The van der Waals surface area contributed by atoms with E-state index in [0.29, 0.717) is 5.02 Å². The third-order valence-electron chi connectivity index (χ3n) is 6.90. The Morgan fingerprint density at radius 3 is 2.37 bits per heavy atom. The van der Waals surface area contributed by atoms with Gasteiger partial charge in [-0.25, -0.2) is 8.42 Å². The third-order valence-corrected chi connectivity index (χ3v) is 9.50. The highest BCUT2D eigenvalue weighted by atomic mass is 35.5. The maximum absolute atomic E-state index is 13.3. The lowest BCUT2D eigenvalue weighted by Gasteiger charge is -2.27. The number of anilines is 1. The van der Waals surface area contributed by atoms with Gasteiger partial charge in [0.1, 0.15) is 0 Å². The van der Waals surface area contributed by atoms with Crippen LogP contribution in [0.1, 0.15) is 67.7 Å². The predicted molar refractivity (Wildman–Crippen MR) is 147 cm³/mol. The van der Waals surface area contributed by atoms with Crippen molar-refractivity contribution in [1.82, 2.24) is 10.3 Å². The first kappa shape index (κ1) is 29.9. The van der Waals surface area contributed by atoms with E-state index in [9.17, 15) is 18.0 Å². The Morgan fingerprint density at radius 2 is 1.74 bits per heavy atom. The fourth-order valence-corrected chi connectivity index (χ4v) is 7.18. The van der Waals surface area contributed by atoms with Crippen LogP contribution in [0.5, 0.6) is 0 Å². The molecule has 0 saturated heterocycles. The molecule has 9 nitrogen and oxygen atoms in total. The number of fused-ring (bicyclic) bond motifs is 1. The van der Waals surface area contributed by atoms with Crippen molar-refractivity contribution < 1.29 is 28.2 Å². The minimum absolute atomic E-state index is 0.0571. The molecule has 0 bridgehead atoms. The summed E-state index contributed by atoms with van der Waals surface area (Å²) in [5.41, 5.74) is 4.20. The van der Waals surface area contributed by atoms with Crippen LogP contribution in [0.15, 0.2) is 36.7 Å². The SMILES string of the molecule is O=C(O)CCC(=O)O.O=S(=O)(CC(Nc1c(Cl)ccc2c1CCNCC2)c1cccnc1)C1CCCCC1. The van der Waals surface area contributed by atoms with Crippen LogP contribution < -0.4 is 10.6 Å². The van der Waals surface area contributed by atoms with E-state index in [4.69, 9.17) is 21.8 Å². The Morgan fingerprint density at radius 1 is 1.05 bits per heavy atom. The maximum atomic E-state index is 13.3. The van der Waals surface area contributed by atoms with Crippen molar-refractivity contribution in [2.24, 2.45) is 0 Å². The summed E-state index contributed by atoms with van der Waals surface area (Å²) in [6.45, 7) is 1.83. The van der Waals surface area contributed by atoms with Crippen molar-refractivity contribution in [3.8, 4) is 0 Å². The molecular weight excluding hydrogens is 530 g/mol. The molecule has 11 heteroatoms. The summed E-state index contributed by atoms with van der Waals surface area (Å²) in [5.74, 6) is -2.10. The number of nitrogens with one attached hydrogen (secondary N) is 2. The highest BCUT2D eigenvalue weighted by molar-refractivity contribution is 7.92. The molecule has 1 saturated carbocycles. The number of sulfone groups is 1. The van der Waals surface area contributed by atoms with E-state index in [1.54, 1.807) is 12.4 Å². The van der Waals surface area contributed by atoms with E-state index in [1.165, 1.54) is 11.1 Å². The lowest BCUT2D eigenvalue weighted by atomic mass is 9.99. The molecule has 1 aliphatic carbocycles. The van der Waals surface area contributed by atoms with Crippen molar-refractivity contribution in [3.05, 3.63) is 58.4 Å². The number of hydrogen-bond acceptors (Lipinski definition) is 7. The van der Waals surface area contributed by atoms with Crippen LogP contribution in [0.4, 0.5) is 5.69 Å². The summed E-state index contributed by atoms with van der Waals surface area (Å²) in [7, 11) is -3.24. The van der Waals surface area contributed by atoms with Crippen molar-refractivity contribution in [1.29, 1.82) is 0 Å². The molecule has 1 aromatic carbocycles. The average Bonchev–Trinajstić information content (AvgIpc) is 3.16. The van der Waals surface area contributed by atoms with Crippen LogP contribution in [-0.4, -0.2) is 59.6 Å². The molecule has 0 radical (unpaired) electrons. The van der Waals surface area contributed by atoms with Crippen molar-refractivity contribution in [2.75, 3.05) is 24.2 Å². The smallest absolute Gasteiger partial charge is 0.303 e. The van der Waals surface area contributed by atoms with E-state index in [2.05, 4.69) is 21.7 Å². The molecule has 4 N–H and O–H groups in total. The molecule has 0 amide bonds. The monoisotopic (exact) mass is 565 g/mol. The van der Waals surface area contributed by atoms with Crippen LogP contribution in [0, 0.1) is 0 Å². The third kappa shape index (κ3) is 8.96. The molecule has 1 unspecified atom stereocenters. The zero-order valence-corrected chi connectivity index (χ0v) is 22.9. The first-order valence-corrected chi connectivity index (χ1v) is 15.1. The van der Waals surface area contributed by atoms with Gasteiger partial charge >= 0.3 is 11.9 Å². The molecule has 1 aromatic heterocycles.